The highest BCUT2D eigenvalue weighted by Gasteiger charge is 2.22. The number of benzene rings is 2. The Balaban J connectivity index is 1.55. The van der Waals surface area contributed by atoms with E-state index in [1.165, 1.54) is 17.7 Å². The van der Waals surface area contributed by atoms with Gasteiger partial charge >= 0.3 is 0 Å². The maximum absolute atomic E-state index is 12.7. The molecular weight excluding hydrogens is 348 g/mol. The summed E-state index contributed by atoms with van der Waals surface area (Å²) in [6.45, 7) is 3.98. The third-order valence-corrected chi connectivity index (χ3v) is 5.84. The van der Waals surface area contributed by atoms with Crippen LogP contribution in [0.5, 0.6) is 0 Å². The molecule has 0 aromatic heterocycles. The monoisotopic (exact) mass is 372 g/mol. The second-order valence-corrected chi connectivity index (χ2v) is 8.69. The molecule has 5 nitrogen and oxygen atoms in total. The van der Waals surface area contributed by atoms with Crippen LogP contribution in [0.15, 0.2) is 59.5 Å². The quantitative estimate of drug-likeness (QED) is 0.806. The lowest BCUT2D eigenvalue weighted by atomic mass is 10.1. The second-order valence-electron chi connectivity index (χ2n) is 6.67. The van der Waals surface area contributed by atoms with E-state index in [-0.39, 0.29) is 10.8 Å². The van der Waals surface area contributed by atoms with Gasteiger partial charge in [0.1, 0.15) is 0 Å². The van der Waals surface area contributed by atoms with Gasteiger partial charge in [-0.3, -0.25) is 9.69 Å². The zero-order valence-electron chi connectivity index (χ0n) is 15.0. The topological polar surface area (TPSA) is 57.7 Å². The molecule has 0 atom stereocenters. The van der Waals surface area contributed by atoms with E-state index < -0.39 is 9.84 Å². The molecule has 2 aromatic carbocycles. The van der Waals surface area contributed by atoms with Crippen molar-refractivity contribution in [3.63, 3.8) is 0 Å². The van der Waals surface area contributed by atoms with Crippen LogP contribution >= 0.6 is 0 Å². The molecule has 6 heteroatoms. The summed E-state index contributed by atoms with van der Waals surface area (Å²) in [5.41, 5.74) is 1.76. The van der Waals surface area contributed by atoms with Crippen molar-refractivity contribution in [2.24, 2.45) is 0 Å². The van der Waals surface area contributed by atoms with E-state index in [1.54, 1.807) is 17.0 Å². The minimum Gasteiger partial charge on any atom is -0.336 e. The van der Waals surface area contributed by atoms with Crippen LogP contribution in [0.2, 0.25) is 0 Å². The molecule has 1 saturated heterocycles. The lowest BCUT2D eigenvalue weighted by Crippen LogP contribution is -2.49. The number of hydrogen-bond donors (Lipinski definition) is 0. The molecule has 1 fully saturated rings. The molecule has 0 saturated carbocycles. The van der Waals surface area contributed by atoms with Gasteiger partial charge in [-0.2, -0.15) is 0 Å². The summed E-state index contributed by atoms with van der Waals surface area (Å²) in [5.74, 6) is -0.0989. The first kappa shape index (κ1) is 18.6. The van der Waals surface area contributed by atoms with Gasteiger partial charge < -0.3 is 4.90 Å². The normalized spacial score (nSPS) is 15.8. The van der Waals surface area contributed by atoms with Crippen LogP contribution < -0.4 is 0 Å². The molecule has 1 amide bonds. The van der Waals surface area contributed by atoms with Gasteiger partial charge in [-0.05, 0) is 30.2 Å². The van der Waals surface area contributed by atoms with Crippen molar-refractivity contribution in [1.29, 1.82) is 0 Å². The van der Waals surface area contributed by atoms with Crippen LogP contribution in [0.25, 0.3) is 0 Å². The highest BCUT2D eigenvalue weighted by Crippen LogP contribution is 2.15. The number of amides is 1. The largest absolute Gasteiger partial charge is 0.336 e. The summed E-state index contributed by atoms with van der Waals surface area (Å²) in [7, 11) is -3.31. The van der Waals surface area contributed by atoms with E-state index in [0.29, 0.717) is 18.7 Å². The summed E-state index contributed by atoms with van der Waals surface area (Å²) in [4.78, 5) is 17.0. The Labute approximate surface area is 155 Å². The van der Waals surface area contributed by atoms with Crippen LogP contribution in [0.3, 0.4) is 0 Å². The summed E-state index contributed by atoms with van der Waals surface area (Å²) in [6, 6.07) is 16.7. The molecule has 0 bridgehead atoms. The first-order valence-corrected chi connectivity index (χ1v) is 10.7. The average molecular weight is 372 g/mol. The third-order valence-electron chi connectivity index (χ3n) is 4.73. The molecule has 1 aliphatic rings. The average Bonchev–Trinajstić information content (AvgIpc) is 2.66. The lowest BCUT2D eigenvalue weighted by Gasteiger charge is -2.34. The van der Waals surface area contributed by atoms with E-state index in [0.717, 1.165) is 32.3 Å². The molecule has 0 spiro atoms. The summed E-state index contributed by atoms with van der Waals surface area (Å²) >= 11 is 0. The van der Waals surface area contributed by atoms with Gasteiger partial charge in [-0.25, -0.2) is 8.42 Å². The maximum Gasteiger partial charge on any atom is 0.253 e. The first-order valence-electron chi connectivity index (χ1n) is 8.79. The lowest BCUT2D eigenvalue weighted by molar-refractivity contribution is 0.0638. The van der Waals surface area contributed by atoms with Crippen molar-refractivity contribution in [2.45, 2.75) is 11.3 Å². The van der Waals surface area contributed by atoms with Gasteiger partial charge in [-0.1, -0.05) is 36.4 Å². The zero-order chi connectivity index (χ0) is 18.6. The molecule has 0 unspecified atom stereocenters. The summed E-state index contributed by atoms with van der Waals surface area (Å²) in [5, 5.41) is 0. The molecule has 138 valence electrons. The molecule has 2 aromatic rings. The first-order chi connectivity index (χ1) is 12.4. The Bertz CT molecular complexity index is 858. The highest BCUT2D eigenvalue weighted by atomic mass is 32.2. The number of hydrogen-bond acceptors (Lipinski definition) is 4. The fourth-order valence-corrected chi connectivity index (χ4v) is 3.82. The number of piperazine rings is 1. The Hall–Kier alpha value is -2.18. The predicted octanol–water partition coefficient (Wildman–Crippen LogP) is 2.09. The standard InChI is InChI=1S/C20H24N2O3S/c1-26(24,25)19-9-5-8-18(16-19)20(23)22-14-12-21(13-15-22)11-10-17-6-3-2-4-7-17/h2-9,16H,10-15H2,1H3. The fourth-order valence-electron chi connectivity index (χ4n) is 3.15. The van der Waals surface area contributed by atoms with E-state index in [1.807, 2.05) is 6.07 Å². The van der Waals surface area contributed by atoms with Crippen molar-refractivity contribution < 1.29 is 13.2 Å². The number of carbonyl (C=O) groups is 1. The van der Waals surface area contributed by atoms with E-state index >= 15 is 0 Å². The minimum atomic E-state index is -3.31. The van der Waals surface area contributed by atoms with Gasteiger partial charge in [0.2, 0.25) is 0 Å². The van der Waals surface area contributed by atoms with E-state index in [4.69, 9.17) is 0 Å². The molecule has 0 radical (unpaired) electrons. The number of nitrogens with zero attached hydrogens (tertiary/aromatic N) is 2. The number of carbonyl (C=O) groups excluding carboxylic acids is 1. The van der Waals surface area contributed by atoms with E-state index in [9.17, 15) is 13.2 Å². The van der Waals surface area contributed by atoms with Crippen LogP contribution in [-0.2, 0) is 16.3 Å². The van der Waals surface area contributed by atoms with Crippen LogP contribution in [0, 0.1) is 0 Å². The fraction of sp³-hybridized carbons (Fsp3) is 0.350. The smallest absolute Gasteiger partial charge is 0.253 e. The molecule has 0 N–H and O–H groups in total. The zero-order valence-corrected chi connectivity index (χ0v) is 15.8. The molecule has 3 rings (SSSR count). The Kier molecular flexibility index (Phi) is 5.74. The predicted molar refractivity (Wildman–Crippen MR) is 102 cm³/mol. The molecule has 0 aliphatic carbocycles. The van der Waals surface area contributed by atoms with Gasteiger partial charge in [0.05, 0.1) is 4.90 Å². The molecular formula is C20H24N2O3S. The molecule has 26 heavy (non-hydrogen) atoms. The Morgan fingerprint density at radius 1 is 0.962 bits per heavy atom. The number of sulfone groups is 1. The van der Waals surface area contributed by atoms with Crippen molar-refractivity contribution in [3.05, 3.63) is 65.7 Å². The minimum absolute atomic E-state index is 0.0989. The van der Waals surface area contributed by atoms with Crippen molar-refractivity contribution in [3.8, 4) is 0 Å². The van der Waals surface area contributed by atoms with Crippen molar-refractivity contribution in [1.82, 2.24) is 9.80 Å². The highest BCUT2D eigenvalue weighted by molar-refractivity contribution is 7.90. The molecule has 1 aliphatic heterocycles. The third kappa shape index (κ3) is 4.71. The van der Waals surface area contributed by atoms with Crippen molar-refractivity contribution >= 4 is 15.7 Å². The Morgan fingerprint density at radius 2 is 1.65 bits per heavy atom. The van der Waals surface area contributed by atoms with Crippen LogP contribution in [0.1, 0.15) is 15.9 Å². The SMILES string of the molecule is CS(=O)(=O)c1cccc(C(=O)N2CCN(CCc3ccccc3)CC2)c1. The Morgan fingerprint density at radius 3 is 2.31 bits per heavy atom. The van der Waals surface area contributed by atoms with Gasteiger partial charge in [-0.15, -0.1) is 0 Å². The second kappa shape index (κ2) is 8.01. The number of rotatable bonds is 5. The van der Waals surface area contributed by atoms with Gasteiger partial charge in [0.25, 0.3) is 5.91 Å². The van der Waals surface area contributed by atoms with Crippen LogP contribution in [0.4, 0.5) is 0 Å². The van der Waals surface area contributed by atoms with Crippen LogP contribution in [-0.4, -0.2) is 63.1 Å². The van der Waals surface area contributed by atoms with Gasteiger partial charge in [0.15, 0.2) is 9.84 Å². The van der Waals surface area contributed by atoms with E-state index in [2.05, 4.69) is 29.2 Å². The maximum atomic E-state index is 12.7. The van der Waals surface area contributed by atoms with Crippen molar-refractivity contribution in [2.75, 3.05) is 39.0 Å². The van der Waals surface area contributed by atoms with Gasteiger partial charge in [0, 0.05) is 44.5 Å². The molecule has 1 heterocycles. The summed E-state index contributed by atoms with van der Waals surface area (Å²) in [6.07, 6.45) is 2.16. The summed E-state index contributed by atoms with van der Waals surface area (Å²) < 4.78 is 23.4.